The zero-order chi connectivity index (χ0) is 11.0. The second kappa shape index (κ2) is 4.21. The molecule has 80 valence electrons. The molecule has 1 unspecified atom stereocenters. The van der Waals surface area contributed by atoms with E-state index in [0.717, 1.165) is 19.1 Å². The maximum atomic E-state index is 10.0. The van der Waals surface area contributed by atoms with Crippen LogP contribution in [0.3, 0.4) is 0 Å². The molecule has 0 spiro atoms. The second-order valence-corrected chi connectivity index (χ2v) is 6.29. The molecule has 0 fully saturated rings. The maximum absolute atomic E-state index is 10.0. The fourth-order valence-electron chi connectivity index (χ4n) is 1.18. The van der Waals surface area contributed by atoms with E-state index in [1.54, 1.807) is 17.5 Å². The van der Waals surface area contributed by atoms with E-state index in [0.29, 0.717) is 5.13 Å². The smallest absolute Gasteiger partial charge is 0.180 e. The molecule has 0 amide bonds. The first kappa shape index (κ1) is 11.1. The molecule has 2 rings (SSSR count). The van der Waals surface area contributed by atoms with E-state index in [4.69, 9.17) is 5.73 Å². The minimum Gasteiger partial charge on any atom is -0.382 e. The summed E-state index contributed by atoms with van der Waals surface area (Å²) >= 11 is 6.31. The number of hydrogen-bond donors (Lipinski definition) is 2. The molecule has 1 atom stereocenters. The van der Waals surface area contributed by atoms with Crippen LogP contribution >= 0.6 is 38.6 Å². The van der Waals surface area contributed by atoms with Crippen LogP contribution in [0.15, 0.2) is 16.7 Å². The normalized spacial score (nSPS) is 13.0. The Hall–Kier alpha value is -0.430. The second-order valence-electron chi connectivity index (χ2n) is 3.06. The van der Waals surface area contributed by atoms with E-state index in [2.05, 4.69) is 20.9 Å². The predicted octanol–water partition coefficient (Wildman–Crippen LogP) is 2.94. The van der Waals surface area contributed by atoms with Crippen molar-refractivity contribution in [1.29, 1.82) is 0 Å². The molecule has 3 nitrogen and oxygen atoms in total. The molecule has 0 aliphatic carbocycles. The Morgan fingerprint density at radius 1 is 1.47 bits per heavy atom. The lowest BCUT2D eigenvalue weighted by atomic mass is 10.2. The summed E-state index contributed by atoms with van der Waals surface area (Å²) in [6, 6.07) is 1.93. The van der Waals surface area contributed by atoms with Gasteiger partial charge in [0.25, 0.3) is 0 Å². The minimum absolute atomic E-state index is 0.483. The van der Waals surface area contributed by atoms with Crippen LogP contribution in [0, 0.1) is 6.92 Å². The van der Waals surface area contributed by atoms with Crippen molar-refractivity contribution in [2.75, 3.05) is 5.73 Å². The number of halogens is 1. The quantitative estimate of drug-likeness (QED) is 0.897. The molecule has 3 N–H and O–H groups in total. The Bertz CT molecular complexity index is 461. The number of hydrogen-bond acceptors (Lipinski definition) is 5. The Morgan fingerprint density at radius 3 is 2.67 bits per heavy atom. The van der Waals surface area contributed by atoms with Gasteiger partial charge in [0.2, 0.25) is 0 Å². The molecule has 0 saturated carbocycles. The number of nitrogens with zero attached hydrogens (tertiary/aromatic N) is 1. The van der Waals surface area contributed by atoms with Gasteiger partial charge >= 0.3 is 0 Å². The lowest BCUT2D eigenvalue weighted by molar-refractivity contribution is 0.228. The molecule has 6 heteroatoms. The van der Waals surface area contributed by atoms with Crippen LogP contribution in [0.1, 0.15) is 20.7 Å². The largest absolute Gasteiger partial charge is 0.382 e. The van der Waals surface area contributed by atoms with Gasteiger partial charge in [-0.2, -0.15) is 0 Å². The van der Waals surface area contributed by atoms with Crippen molar-refractivity contribution in [3.63, 3.8) is 0 Å². The van der Waals surface area contributed by atoms with Gasteiger partial charge in [-0.25, -0.2) is 4.98 Å². The number of anilines is 1. The molecule has 2 aromatic rings. The van der Waals surface area contributed by atoms with E-state index in [-0.39, 0.29) is 0 Å². The van der Waals surface area contributed by atoms with Crippen molar-refractivity contribution in [1.82, 2.24) is 4.98 Å². The first-order valence-corrected chi connectivity index (χ1v) is 6.65. The molecule has 0 bridgehead atoms. The highest BCUT2D eigenvalue weighted by molar-refractivity contribution is 9.10. The van der Waals surface area contributed by atoms with Crippen molar-refractivity contribution in [2.45, 2.75) is 13.0 Å². The lowest BCUT2D eigenvalue weighted by Gasteiger charge is -2.03. The molecule has 0 aromatic carbocycles. The Labute approximate surface area is 104 Å². The fraction of sp³-hybridized carbons (Fsp3) is 0.222. The summed E-state index contributed by atoms with van der Waals surface area (Å²) in [4.78, 5) is 6.76. The van der Waals surface area contributed by atoms with Crippen LogP contribution in [-0.2, 0) is 0 Å². The van der Waals surface area contributed by atoms with Gasteiger partial charge in [-0.1, -0.05) is 11.3 Å². The molecule has 0 radical (unpaired) electrons. The summed E-state index contributed by atoms with van der Waals surface area (Å²) in [5.74, 6) is 0. The monoisotopic (exact) mass is 304 g/mol. The molecular formula is C9H9BrN2OS2. The number of thiazole rings is 1. The average Bonchev–Trinajstić information content (AvgIpc) is 2.74. The zero-order valence-electron chi connectivity index (χ0n) is 7.90. The third-order valence-electron chi connectivity index (χ3n) is 1.96. The number of aliphatic hydroxyl groups is 1. The first-order chi connectivity index (χ1) is 7.08. The first-order valence-electron chi connectivity index (χ1n) is 4.23. The van der Waals surface area contributed by atoms with Crippen molar-refractivity contribution >= 4 is 43.7 Å². The van der Waals surface area contributed by atoms with Gasteiger partial charge in [-0.05, 0) is 28.9 Å². The van der Waals surface area contributed by atoms with E-state index in [1.165, 1.54) is 11.3 Å². The summed E-state index contributed by atoms with van der Waals surface area (Å²) in [5.41, 5.74) is 5.52. The molecule has 0 aliphatic rings. The lowest BCUT2D eigenvalue weighted by Crippen LogP contribution is -1.92. The minimum atomic E-state index is -0.616. The van der Waals surface area contributed by atoms with Crippen LogP contribution < -0.4 is 5.73 Å². The highest BCUT2D eigenvalue weighted by atomic mass is 79.9. The van der Waals surface area contributed by atoms with E-state index in [9.17, 15) is 5.11 Å². The van der Waals surface area contributed by atoms with Gasteiger partial charge in [0, 0.05) is 20.4 Å². The van der Waals surface area contributed by atoms with Crippen molar-refractivity contribution < 1.29 is 5.11 Å². The standard InChI is InChI=1S/C9H9BrN2OS2/c1-4-5(10)2-6(14-4)8(13)7-3-12-9(11)15-7/h2-3,8,13H,1H3,(H2,11,12). The van der Waals surface area contributed by atoms with Gasteiger partial charge in [0.1, 0.15) is 6.10 Å². The number of aliphatic hydroxyl groups excluding tert-OH is 1. The van der Waals surface area contributed by atoms with Gasteiger partial charge in [0.05, 0.1) is 4.88 Å². The van der Waals surface area contributed by atoms with Gasteiger partial charge < -0.3 is 10.8 Å². The summed E-state index contributed by atoms with van der Waals surface area (Å²) in [5, 5.41) is 10.5. The molecule has 15 heavy (non-hydrogen) atoms. The number of nitrogen functional groups attached to an aromatic ring is 1. The topological polar surface area (TPSA) is 59.1 Å². The van der Waals surface area contributed by atoms with E-state index in [1.807, 2.05) is 13.0 Å². The van der Waals surface area contributed by atoms with Gasteiger partial charge in [0.15, 0.2) is 5.13 Å². The fourth-order valence-corrected chi connectivity index (χ4v) is 3.52. The molecule has 0 saturated heterocycles. The predicted molar refractivity (Wildman–Crippen MR) is 67.3 cm³/mol. The third kappa shape index (κ3) is 2.23. The van der Waals surface area contributed by atoms with Crippen LogP contribution in [0.2, 0.25) is 0 Å². The summed E-state index contributed by atoms with van der Waals surface area (Å²) in [6.07, 6.45) is 1.00. The van der Waals surface area contributed by atoms with Crippen LogP contribution in [-0.4, -0.2) is 10.1 Å². The Balaban J connectivity index is 2.31. The van der Waals surface area contributed by atoms with E-state index >= 15 is 0 Å². The van der Waals surface area contributed by atoms with Crippen molar-refractivity contribution in [2.24, 2.45) is 0 Å². The number of aromatic nitrogens is 1. The van der Waals surface area contributed by atoms with Crippen molar-refractivity contribution in [3.05, 3.63) is 31.4 Å². The summed E-state index contributed by atoms with van der Waals surface area (Å²) in [7, 11) is 0. The van der Waals surface area contributed by atoms with Crippen LogP contribution in [0.25, 0.3) is 0 Å². The maximum Gasteiger partial charge on any atom is 0.180 e. The van der Waals surface area contributed by atoms with Crippen LogP contribution in [0.5, 0.6) is 0 Å². The molecule has 0 aliphatic heterocycles. The highest BCUT2D eigenvalue weighted by Gasteiger charge is 2.16. The highest BCUT2D eigenvalue weighted by Crippen LogP contribution is 2.35. The third-order valence-corrected chi connectivity index (χ3v) is 5.02. The summed E-state index contributed by atoms with van der Waals surface area (Å²) < 4.78 is 1.03. The Morgan fingerprint density at radius 2 is 2.20 bits per heavy atom. The van der Waals surface area contributed by atoms with Gasteiger partial charge in [-0.15, -0.1) is 11.3 Å². The number of rotatable bonds is 2. The number of aryl methyl sites for hydroxylation is 1. The van der Waals surface area contributed by atoms with Gasteiger partial charge in [-0.3, -0.25) is 0 Å². The summed E-state index contributed by atoms with van der Waals surface area (Å²) in [6.45, 7) is 2.01. The Kier molecular flexibility index (Phi) is 3.11. The molecule has 2 aromatic heterocycles. The molecular weight excluding hydrogens is 296 g/mol. The SMILES string of the molecule is Cc1sc(C(O)c2cnc(N)s2)cc1Br. The number of thiophene rings is 1. The zero-order valence-corrected chi connectivity index (χ0v) is 11.1. The van der Waals surface area contributed by atoms with Crippen molar-refractivity contribution in [3.8, 4) is 0 Å². The number of nitrogens with two attached hydrogens (primary N) is 1. The van der Waals surface area contributed by atoms with Crippen LogP contribution in [0.4, 0.5) is 5.13 Å². The van der Waals surface area contributed by atoms with E-state index < -0.39 is 6.10 Å². The average molecular weight is 305 g/mol. The molecule has 2 heterocycles.